The molecule has 184 valence electrons. The van der Waals surface area contributed by atoms with Crippen LogP contribution in [0.5, 0.6) is 0 Å². The molecule has 4 rings (SSSR count). The van der Waals surface area contributed by atoms with Gasteiger partial charge < -0.3 is 10.2 Å². The highest BCUT2D eigenvalue weighted by atomic mass is 19.4. The summed E-state index contributed by atoms with van der Waals surface area (Å²) in [5, 5.41) is 20.4. The zero-order chi connectivity index (χ0) is 23.5. The van der Waals surface area contributed by atoms with Crippen LogP contribution in [0.3, 0.4) is 0 Å². The Bertz CT molecular complexity index is 733. The lowest BCUT2D eigenvalue weighted by Crippen LogP contribution is -2.52. The molecule has 0 aliphatic heterocycles. The fourth-order valence-electron chi connectivity index (χ4n) is 8.77. The minimum atomic E-state index is -4.51. The largest absolute Gasteiger partial charge is 0.414 e. The second-order valence-corrected chi connectivity index (χ2v) is 12.4. The summed E-state index contributed by atoms with van der Waals surface area (Å²) in [6, 6.07) is 0. The van der Waals surface area contributed by atoms with Crippen molar-refractivity contribution in [2.75, 3.05) is 0 Å². The Kier molecular flexibility index (Phi) is 6.36. The number of rotatable bonds is 5. The lowest BCUT2D eigenvalue weighted by molar-refractivity contribution is -0.206. The normalized spacial score (nSPS) is 46.0. The molecule has 4 aliphatic carbocycles. The summed E-state index contributed by atoms with van der Waals surface area (Å²) in [5.41, 5.74) is 1.36. The van der Waals surface area contributed by atoms with Gasteiger partial charge in [0.2, 0.25) is 0 Å². The summed E-state index contributed by atoms with van der Waals surface area (Å²) in [4.78, 5) is 0. The third-order valence-electron chi connectivity index (χ3n) is 10.9. The van der Waals surface area contributed by atoms with Gasteiger partial charge in [-0.15, -0.1) is 0 Å². The lowest BCUT2D eigenvalue weighted by Gasteiger charge is -2.59. The summed E-state index contributed by atoms with van der Waals surface area (Å²) < 4.78 is 38.3. The predicted molar refractivity (Wildman–Crippen MR) is 121 cm³/mol. The number of hydrogen-bond acceptors (Lipinski definition) is 2. The molecule has 32 heavy (non-hydrogen) atoms. The standard InChI is InChI=1S/C27H43F3O2/c1-5-26(32)15-14-24(3)18(16-26)7-8-19-21-10-9-20(25(21,4)13-12-22(19)24)17(2)6-11-23(31)27(28,29)30/h7,17,19-23,31-32H,5-6,8-16H2,1-4H3/t17-,19+,20-,21+,22+,23+,24+,25-,26+/m1/s1. The number of hydrogen-bond donors (Lipinski definition) is 2. The van der Waals surface area contributed by atoms with Gasteiger partial charge in [0, 0.05) is 0 Å². The molecule has 9 atom stereocenters. The lowest BCUT2D eigenvalue weighted by atomic mass is 9.46. The average Bonchev–Trinajstić information content (AvgIpc) is 3.09. The molecule has 0 unspecified atom stereocenters. The fourth-order valence-corrected chi connectivity index (χ4v) is 8.77. The van der Waals surface area contributed by atoms with Crippen LogP contribution in [0, 0.1) is 40.4 Å². The first kappa shape index (κ1) is 24.6. The van der Waals surface area contributed by atoms with Crippen molar-refractivity contribution in [2.45, 2.75) is 116 Å². The van der Waals surface area contributed by atoms with Crippen LogP contribution in [-0.4, -0.2) is 28.1 Å². The van der Waals surface area contributed by atoms with Gasteiger partial charge in [-0.2, -0.15) is 13.2 Å². The van der Waals surface area contributed by atoms with Crippen molar-refractivity contribution < 1.29 is 23.4 Å². The molecule has 5 heteroatoms. The van der Waals surface area contributed by atoms with Crippen molar-refractivity contribution in [1.82, 2.24) is 0 Å². The Morgan fingerprint density at radius 1 is 1.06 bits per heavy atom. The van der Waals surface area contributed by atoms with Crippen LogP contribution in [0.25, 0.3) is 0 Å². The highest BCUT2D eigenvalue weighted by Gasteiger charge is 2.59. The molecule has 0 aromatic carbocycles. The number of allylic oxidation sites excluding steroid dienone is 1. The summed E-state index contributed by atoms with van der Waals surface area (Å²) >= 11 is 0. The molecular weight excluding hydrogens is 413 g/mol. The first-order valence-corrected chi connectivity index (χ1v) is 13.0. The van der Waals surface area contributed by atoms with E-state index < -0.39 is 17.9 Å². The first-order valence-electron chi connectivity index (χ1n) is 13.0. The zero-order valence-corrected chi connectivity index (χ0v) is 20.3. The van der Waals surface area contributed by atoms with Crippen molar-refractivity contribution in [2.24, 2.45) is 40.4 Å². The Balaban J connectivity index is 1.48. The molecule has 0 bridgehead atoms. The van der Waals surface area contributed by atoms with E-state index in [0.29, 0.717) is 30.1 Å². The molecule has 0 radical (unpaired) electrons. The SMILES string of the molecule is CC[C@]1(O)CC[C@@]2(C)C(=CC[C@H]3[C@@H]4CC[C@H]([C@H](C)CC[C@H](O)C(F)(F)F)[C@@]4(C)CC[C@@H]32)C1. The third-order valence-corrected chi connectivity index (χ3v) is 10.9. The van der Waals surface area contributed by atoms with Crippen molar-refractivity contribution in [3.63, 3.8) is 0 Å². The van der Waals surface area contributed by atoms with E-state index >= 15 is 0 Å². The van der Waals surface area contributed by atoms with E-state index in [-0.39, 0.29) is 23.2 Å². The van der Waals surface area contributed by atoms with Gasteiger partial charge >= 0.3 is 6.18 Å². The highest BCUT2D eigenvalue weighted by molar-refractivity contribution is 5.27. The molecular formula is C27H43F3O2. The number of halogens is 3. The molecule has 0 spiro atoms. The maximum absolute atomic E-state index is 12.8. The number of fused-ring (bicyclic) bond motifs is 5. The molecule has 3 fully saturated rings. The zero-order valence-electron chi connectivity index (χ0n) is 20.3. The smallest absolute Gasteiger partial charge is 0.390 e. The van der Waals surface area contributed by atoms with Crippen LogP contribution < -0.4 is 0 Å². The van der Waals surface area contributed by atoms with Gasteiger partial charge in [-0.05, 0) is 111 Å². The number of aliphatic hydroxyl groups is 2. The molecule has 0 aromatic rings. The van der Waals surface area contributed by atoms with Crippen molar-refractivity contribution in [3.8, 4) is 0 Å². The molecule has 0 aromatic heterocycles. The van der Waals surface area contributed by atoms with Gasteiger partial charge in [0.1, 0.15) is 6.10 Å². The van der Waals surface area contributed by atoms with Gasteiger partial charge in [0.15, 0.2) is 0 Å². The van der Waals surface area contributed by atoms with E-state index in [2.05, 4.69) is 33.8 Å². The van der Waals surface area contributed by atoms with E-state index in [1.165, 1.54) is 18.4 Å². The predicted octanol–water partition coefficient (Wildman–Crippen LogP) is 7.05. The van der Waals surface area contributed by atoms with Gasteiger partial charge in [0.05, 0.1) is 5.60 Å². The fraction of sp³-hybridized carbons (Fsp3) is 0.926. The molecule has 0 heterocycles. The van der Waals surface area contributed by atoms with E-state index in [9.17, 15) is 23.4 Å². The molecule has 4 aliphatic rings. The Labute approximate surface area is 192 Å². The summed E-state index contributed by atoms with van der Waals surface area (Å²) in [6.45, 7) is 9.07. The van der Waals surface area contributed by atoms with Crippen LogP contribution in [0.4, 0.5) is 13.2 Å². The maximum Gasteiger partial charge on any atom is 0.414 e. The van der Waals surface area contributed by atoms with Crippen molar-refractivity contribution >= 4 is 0 Å². The topological polar surface area (TPSA) is 40.5 Å². The summed E-state index contributed by atoms with van der Waals surface area (Å²) in [5.74, 6) is 2.63. The first-order chi connectivity index (χ1) is 14.8. The molecule has 3 saturated carbocycles. The van der Waals surface area contributed by atoms with Crippen molar-refractivity contribution in [3.05, 3.63) is 11.6 Å². The monoisotopic (exact) mass is 456 g/mol. The molecule has 0 amide bonds. The van der Waals surface area contributed by atoms with Crippen LogP contribution in [0.1, 0.15) is 98.3 Å². The Morgan fingerprint density at radius 2 is 1.78 bits per heavy atom. The van der Waals surface area contributed by atoms with E-state index in [1.807, 2.05) is 0 Å². The van der Waals surface area contributed by atoms with Gasteiger partial charge in [0.25, 0.3) is 0 Å². The average molecular weight is 457 g/mol. The van der Waals surface area contributed by atoms with Gasteiger partial charge in [-0.25, -0.2) is 0 Å². The minimum Gasteiger partial charge on any atom is -0.390 e. The second-order valence-electron chi connectivity index (χ2n) is 12.4. The Morgan fingerprint density at radius 3 is 2.44 bits per heavy atom. The number of alkyl halides is 3. The molecule has 0 saturated heterocycles. The van der Waals surface area contributed by atoms with E-state index in [0.717, 1.165) is 44.9 Å². The summed E-state index contributed by atoms with van der Waals surface area (Å²) in [6.07, 6.45) is 5.39. The van der Waals surface area contributed by atoms with Gasteiger partial charge in [-0.3, -0.25) is 0 Å². The van der Waals surface area contributed by atoms with Crippen LogP contribution in [0.15, 0.2) is 11.6 Å². The molecule has 2 nitrogen and oxygen atoms in total. The minimum absolute atomic E-state index is 0.182. The maximum atomic E-state index is 12.8. The van der Waals surface area contributed by atoms with Crippen molar-refractivity contribution in [1.29, 1.82) is 0 Å². The molecule has 2 N–H and O–H groups in total. The second kappa shape index (κ2) is 8.29. The number of aliphatic hydroxyl groups excluding tert-OH is 1. The van der Waals surface area contributed by atoms with Gasteiger partial charge in [-0.1, -0.05) is 39.3 Å². The third kappa shape index (κ3) is 3.97. The van der Waals surface area contributed by atoms with Crippen LogP contribution in [0.2, 0.25) is 0 Å². The van der Waals surface area contributed by atoms with Crippen LogP contribution in [-0.2, 0) is 0 Å². The van der Waals surface area contributed by atoms with E-state index in [4.69, 9.17) is 0 Å². The highest BCUT2D eigenvalue weighted by Crippen LogP contribution is 2.67. The van der Waals surface area contributed by atoms with E-state index in [1.54, 1.807) is 0 Å². The summed E-state index contributed by atoms with van der Waals surface area (Å²) in [7, 11) is 0. The Hall–Kier alpha value is -0.550. The quantitative estimate of drug-likeness (QED) is 0.435. The van der Waals surface area contributed by atoms with Crippen LogP contribution >= 0.6 is 0 Å².